The lowest BCUT2D eigenvalue weighted by molar-refractivity contribution is 0.353. The Hall–Kier alpha value is -2.57. The molecule has 7 nitrogen and oxygen atoms in total. The number of fused-ring (bicyclic) bond motifs is 1. The maximum atomic E-state index is 5.45. The monoisotopic (exact) mass is 369 g/mol. The first-order valence-corrected chi connectivity index (χ1v) is 9.72. The molecule has 7 heteroatoms. The van der Waals surface area contributed by atoms with E-state index >= 15 is 0 Å². The minimum atomic E-state index is 0.502. The average Bonchev–Trinajstić information content (AvgIpc) is 2.73. The fraction of sp³-hybridized carbons (Fsp3) is 0.550. The predicted octanol–water partition coefficient (Wildman–Crippen LogP) is 3.20. The van der Waals surface area contributed by atoms with Gasteiger partial charge in [0.25, 0.3) is 0 Å². The molecule has 0 radical (unpaired) electrons. The number of benzene rings is 1. The van der Waals surface area contributed by atoms with Crippen LogP contribution < -0.4 is 19.7 Å². The molecular formula is C20H27N5O2. The van der Waals surface area contributed by atoms with Crippen molar-refractivity contribution >= 4 is 11.8 Å². The first-order valence-electron chi connectivity index (χ1n) is 9.72. The quantitative estimate of drug-likeness (QED) is 0.868. The van der Waals surface area contributed by atoms with Gasteiger partial charge in [-0.2, -0.15) is 10.1 Å². The molecule has 1 saturated carbocycles. The third-order valence-electron chi connectivity index (χ3n) is 5.51. The Morgan fingerprint density at radius 3 is 2.52 bits per heavy atom. The number of anilines is 2. The molecule has 2 aliphatic rings. The van der Waals surface area contributed by atoms with Crippen molar-refractivity contribution in [3.05, 3.63) is 29.5 Å². The zero-order chi connectivity index (χ0) is 18.6. The summed E-state index contributed by atoms with van der Waals surface area (Å²) < 4.78 is 10.9. The van der Waals surface area contributed by atoms with E-state index in [1.54, 1.807) is 20.4 Å². The van der Waals surface area contributed by atoms with Gasteiger partial charge in [0.15, 0.2) is 17.3 Å². The van der Waals surface area contributed by atoms with E-state index in [9.17, 15) is 0 Å². The molecule has 1 aromatic heterocycles. The van der Waals surface area contributed by atoms with Crippen LogP contribution in [0.15, 0.2) is 18.3 Å². The third-order valence-corrected chi connectivity index (χ3v) is 5.51. The van der Waals surface area contributed by atoms with Gasteiger partial charge in [0, 0.05) is 19.1 Å². The molecule has 144 valence electrons. The smallest absolute Gasteiger partial charge is 0.247 e. The van der Waals surface area contributed by atoms with E-state index in [0.29, 0.717) is 12.0 Å². The zero-order valence-corrected chi connectivity index (χ0v) is 16.1. The Balaban J connectivity index is 1.50. The lowest BCUT2D eigenvalue weighted by Gasteiger charge is -2.29. The molecule has 0 amide bonds. The van der Waals surface area contributed by atoms with Crippen LogP contribution in [0, 0.1) is 0 Å². The normalized spacial score (nSPS) is 17.3. The van der Waals surface area contributed by atoms with Crippen LogP contribution in [0.1, 0.15) is 43.2 Å². The van der Waals surface area contributed by atoms with Crippen LogP contribution in [0.4, 0.5) is 11.8 Å². The molecule has 0 atom stereocenters. The Morgan fingerprint density at radius 2 is 1.78 bits per heavy atom. The van der Waals surface area contributed by atoms with Gasteiger partial charge in [0.2, 0.25) is 5.95 Å². The molecule has 1 aromatic carbocycles. The number of nitrogens with one attached hydrogen (secondary N) is 1. The number of hydrogen-bond acceptors (Lipinski definition) is 7. The molecule has 27 heavy (non-hydrogen) atoms. The lowest BCUT2D eigenvalue weighted by atomic mass is 9.96. The molecular weight excluding hydrogens is 342 g/mol. The van der Waals surface area contributed by atoms with E-state index in [1.807, 2.05) is 0 Å². The fourth-order valence-corrected chi connectivity index (χ4v) is 4.01. The van der Waals surface area contributed by atoms with E-state index in [4.69, 9.17) is 14.5 Å². The van der Waals surface area contributed by atoms with Crippen molar-refractivity contribution in [2.75, 3.05) is 31.0 Å². The van der Waals surface area contributed by atoms with Crippen molar-refractivity contribution in [3.63, 3.8) is 0 Å². The average molecular weight is 369 g/mol. The standard InChI is InChI=1S/C20H27N5O2/c1-26-17-10-14-8-9-25(13-15(14)11-18(17)27-2)20-23-19(12-21-24-20)22-16-6-4-3-5-7-16/h10-12,16H,3-9,13H2,1-2H3,(H,22,23,24). The van der Waals surface area contributed by atoms with Crippen molar-refractivity contribution in [3.8, 4) is 11.5 Å². The topological polar surface area (TPSA) is 72.4 Å². The molecule has 0 unspecified atom stereocenters. The predicted molar refractivity (Wildman–Crippen MR) is 105 cm³/mol. The molecule has 1 aliphatic heterocycles. The summed E-state index contributed by atoms with van der Waals surface area (Å²) in [7, 11) is 3.34. The zero-order valence-electron chi connectivity index (χ0n) is 16.1. The van der Waals surface area contributed by atoms with Gasteiger partial charge in [-0.3, -0.25) is 0 Å². The van der Waals surface area contributed by atoms with Crippen LogP contribution in [0.25, 0.3) is 0 Å². The van der Waals surface area contributed by atoms with E-state index < -0.39 is 0 Å². The Morgan fingerprint density at radius 1 is 1.04 bits per heavy atom. The second-order valence-corrected chi connectivity index (χ2v) is 7.27. The summed E-state index contributed by atoms with van der Waals surface area (Å²) in [4.78, 5) is 6.90. The van der Waals surface area contributed by atoms with Crippen molar-refractivity contribution in [2.24, 2.45) is 0 Å². The largest absolute Gasteiger partial charge is 0.493 e. The lowest BCUT2D eigenvalue weighted by Crippen LogP contribution is -2.32. The second-order valence-electron chi connectivity index (χ2n) is 7.27. The summed E-state index contributed by atoms with van der Waals surface area (Å²) in [6.07, 6.45) is 8.97. The minimum absolute atomic E-state index is 0.502. The Labute approximate surface area is 160 Å². The minimum Gasteiger partial charge on any atom is -0.493 e. The number of methoxy groups -OCH3 is 2. The molecule has 1 fully saturated rings. The highest BCUT2D eigenvalue weighted by Crippen LogP contribution is 2.34. The maximum Gasteiger partial charge on any atom is 0.247 e. The molecule has 0 bridgehead atoms. The van der Waals surface area contributed by atoms with Crippen molar-refractivity contribution < 1.29 is 9.47 Å². The SMILES string of the molecule is COc1cc2c(cc1OC)CN(c1nncc(NC3CCCCC3)n1)CC2. The summed E-state index contributed by atoms with van der Waals surface area (Å²) >= 11 is 0. The van der Waals surface area contributed by atoms with E-state index in [1.165, 1.54) is 43.2 Å². The number of nitrogens with zero attached hydrogens (tertiary/aromatic N) is 4. The van der Waals surface area contributed by atoms with Crippen LogP contribution in [0.2, 0.25) is 0 Å². The van der Waals surface area contributed by atoms with Crippen LogP contribution in [-0.2, 0) is 13.0 Å². The third kappa shape index (κ3) is 3.91. The first-order chi connectivity index (χ1) is 13.3. The van der Waals surface area contributed by atoms with Crippen molar-refractivity contribution in [2.45, 2.75) is 51.1 Å². The molecule has 2 aromatic rings. The summed E-state index contributed by atoms with van der Waals surface area (Å²) in [5, 5.41) is 12.0. The van der Waals surface area contributed by atoms with Crippen LogP contribution in [-0.4, -0.2) is 42.0 Å². The summed E-state index contributed by atoms with van der Waals surface area (Å²) in [6, 6.07) is 4.63. The number of aromatic nitrogens is 3. The van der Waals surface area contributed by atoms with Gasteiger partial charge in [-0.1, -0.05) is 19.3 Å². The van der Waals surface area contributed by atoms with E-state index in [2.05, 4.69) is 32.5 Å². The van der Waals surface area contributed by atoms with Gasteiger partial charge >= 0.3 is 0 Å². The molecule has 1 N–H and O–H groups in total. The number of ether oxygens (including phenoxy) is 2. The first kappa shape index (κ1) is 17.8. The van der Waals surface area contributed by atoms with Crippen LogP contribution >= 0.6 is 0 Å². The van der Waals surface area contributed by atoms with Gasteiger partial charge < -0.3 is 19.7 Å². The van der Waals surface area contributed by atoms with Crippen molar-refractivity contribution in [1.82, 2.24) is 15.2 Å². The Bertz CT molecular complexity index is 792. The molecule has 0 saturated heterocycles. The summed E-state index contributed by atoms with van der Waals surface area (Å²) in [5.41, 5.74) is 2.50. The van der Waals surface area contributed by atoms with E-state index in [0.717, 1.165) is 36.8 Å². The van der Waals surface area contributed by atoms with Crippen LogP contribution in [0.3, 0.4) is 0 Å². The number of hydrogen-bond donors (Lipinski definition) is 1. The maximum absolute atomic E-state index is 5.45. The molecule has 4 rings (SSSR count). The molecule has 0 spiro atoms. The van der Waals surface area contributed by atoms with Gasteiger partial charge in [0.1, 0.15) is 0 Å². The van der Waals surface area contributed by atoms with E-state index in [-0.39, 0.29) is 0 Å². The van der Waals surface area contributed by atoms with Gasteiger partial charge in [-0.25, -0.2) is 0 Å². The molecule has 2 heterocycles. The Kier molecular flexibility index (Phi) is 5.27. The number of rotatable bonds is 5. The second kappa shape index (κ2) is 7.98. The van der Waals surface area contributed by atoms with Crippen molar-refractivity contribution in [1.29, 1.82) is 0 Å². The fourth-order valence-electron chi connectivity index (χ4n) is 4.01. The van der Waals surface area contributed by atoms with Gasteiger partial charge in [-0.15, -0.1) is 5.10 Å². The van der Waals surface area contributed by atoms with Gasteiger partial charge in [0.05, 0.1) is 20.4 Å². The summed E-state index contributed by atoms with van der Waals surface area (Å²) in [6.45, 7) is 1.60. The summed E-state index contributed by atoms with van der Waals surface area (Å²) in [5.74, 6) is 3.03. The van der Waals surface area contributed by atoms with Crippen LogP contribution in [0.5, 0.6) is 11.5 Å². The highest BCUT2D eigenvalue weighted by Gasteiger charge is 2.22. The highest BCUT2D eigenvalue weighted by molar-refractivity contribution is 5.51. The molecule has 1 aliphatic carbocycles. The van der Waals surface area contributed by atoms with Gasteiger partial charge in [-0.05, 0) is 42.5 Å². The highest BCUT2D eigenvalue weighted by atomic mass is 16.5.